The van der Waals surface area contributed by atoms with Crippen LogP contribution in [0.15, 0.2) is 24.3 Å². The second-order valence-corrected chi connectivity index (χ2v) is 5.13. The van der Waals surface area contributed by atoms with Gasteiger partial charge in [0.1, 0.15) is 6.04 Å². The van der Waals surface area contributed by atoms with Gasteiger partial charge in [-0.05, 0) is 12.5 Å². The largest absolute Gasteiger partial charge is 0.354 e. The Kier molecular flexibility index (Phi) is 6.18. The van der Waals surface area contributed by atoms with Gasteiger partial charge in [-0.15, -0.1) is 0 Å². The monoisotopic (exact) mass is 277 g/mol. The van der Waals surface area contributed by atoms with Gasteiger partial charge in [0.05, 0.1) is 0 Å². The molecule has 4 N–H and O–H groups in total. The van der Waals surface area contributed by atoms with Crippen molar-refractivity contribution in [3.8, 4) is 0 Å². The van der Waals surface area contributed by atoms with Gasteiger partial charge in [0, 0.05) is 19.0 Å². The van der Waals surface area contributed by atoms with E-state index in [4.69, 9.17) is 5.73 Å². The lowest BCUT2D eigenvalue weighted by molar-refractivity contribution is -0.125. The number of aryl methyl sites for hydroxylation is 1. The first-order valence-corrected chi connectivity index (χ1v) is 6.79. The summed E-state index contributed by atoms with van der Waals surface area (Å²) in [5.74, 6) is -0.324. The SMILES string of the molecule is Cc1ccc(C(N)C(=O)NCCNC(=O)C(C)C)cc1. The molecule has 0 saturated heterocycles. The number of carbonyl (C=O) groups excluding carboxylic acids is 2. The zero-order chi connectivity index (χ0) is 15.1. The van der Waals surface area contributed by atoms with Gasteiger partial charge in [-0.2, -0.15) is 0 Å². The average Bonchev–Trinajstić information content (AvgIpc) is 2.43. The maximum absolute atomic E-state index is 11.9. The highest BCUT2D eigenvalue weighted by molar-refractivity contribution is 5.83. The Morgan fingerprint density at radius 2 is 1.55 bits per heavy atom. The number of amides is 2. The highest BCUT2D eigenvalue weighted by atomic mass is 16.2. The lowest BCUT2D eigenvalue weighted by atomic mass is 10.1. The van der Waals surface area contributed by atoms with Crippen molar-refractivity contribution in [2.45, 2.75) is 26.8 Å². The number of hydrogen-bond acceptors (Lipinski definition) is 3. The lowest BCUT2D eigenvalue weighted by Crippen LogP contribution is -2.40. The van der Waals surface area contributed by atoms with Gasteiger partial charge in [-0.3, -0.25) is 9.59 Å². The molecule has 0 saturated carbocycles. The summed E-state index contributed by atoms with van der Waals surface area (Å²) in [5.41, 5.74) is 7.78. The first-order chi connectivity index (χ1) is 9.41. The first kappa shape index (κ1) is 16.2. The summed E-state index contributed by atoms with van der Waals surface area (Å²) in [7, 11) is 0. The molecule has 0 aromatic heterocycles. The molecule has 0 radical (unpaired) electrons. The minimum Gasteiger partial charge on any atom is -0.354 e. The fourth-order valence-electron chi connectivity index (χ4n) is 1.61. The van der Waals surface area contributed by atoms with Gasteiger partial charge in [0.2, 0.25) is 11.8 Å². The minimum absolute atomic E-state index is 0.0258. The lowest BCUT2D eigenvalue weighted by Gasteiger charge is -2.13. The standard InChI is InChI=1S/C15H23N3O2/c1-10(2)14(19)17-8-9-18-15(20)13(16)12-6-4-11(3)5-7-12/h4-7,10,13H,8-9,16H2,1-3H3,(H,17,19)(H,18,20). The fraction of sp³-hybridized carbons (Fsp3) is 0.467. The van der Waals surface area contributed by atoms with E-state index < -0.39 is 6.04 Å². The van der Waals surface area contributed by atoms with E-state index in [2.05, 4.69) is 10.6 Å². The molecule has 1 aromatic rings. The molecule has 0 aliphatic rings. The summed E-state index contributed by atoms with van der Waals surface area (Å²) in [5, 5.41) is 5.44. The summed E-state index contributed by atoms with van der Waals surface area (Å²) >= 11 is 0. The van der Waals surface area contributed by atoms with Crippen molar-refractivity contribution in [3.05, 3.63) is 35.4 Å². The summed E-state index contributed by atoms with van der Waals surface area (Å²) in [6.45, 7) is 6.40. The third-order valence-electron chi connectivity index (χ3n) is 2.97. The Labute approximate surface area is 119 Å². The van der Waals surface area contributed by atoms with Gasteiger partial charge in [-0.25, -0.2) is 0 Å². The molecule has 110 valence electrons. The highest BCUT2D eigenvalue weighted by Gasteiger charge is 2.15. The molecule has 1 rings (SSSR count). The molecule has 5 nitrogen and oxygen atoms in total. The minimum atomic E-state index is -0.684. The molecule has 20 heavy (non-hydrogen) atoms. The number of nitrogens with two attached hydrogens (primary N) is 1. The number of rotatable bonds is 6. The number of carbonyl (C=O) groups is 2. The van der Waals surface area contributed by atoms with Crippen LogP contribution in [0.4, 0.5) is 0 Å². The van der Waals surface area contributed by atoms with Crippen LogP contribution in [0.1, 0.15) is 31.0 Å². The molecule has 1 aromatic carbocycles. The van der Waals surface area contributed by atoms with Crippen LogP contribution in [0.25, 0.3) is 0 Å². The van der Waals surface area contributed by atoms with Gasteiger partial charge in [0.25, 0.3) is 0 Å². The van der Waals surface area contributed by atoms with Crippen LogP contribution in [0.2, 0.25) is 0 Å². The third kappa shape index (κ3) is 5.01. The fourth-order valence-corrected chi connectivity index (χ4v) is 1.61. The van der Waals surface area contributed by atoms with Crippen LogP contribution in [-0.2, 0) is 9.59 Å². The molecular weight excluding hydrogens is 254 g/mol. The van der Waals surface area contributed by atoms with Crippen LogP contribution in [-0.4, -0.2) is 24.9 Å². The second-order valence-electron chi connectivity index (χ2n) is 5.13. The molecule has 0 aliphatic heterocycles. The van der Waals surface area contributed by atoms with E-state index in [-0.39, 0.29) is 17.7 Å². The third-order valence-corrected chi connectivity index (χ3v) is 2.97. The second kappa shape index (κ2) is 7.65. The van der Waals surface area contributed by atoms with E-state index in [1.807, 2.05) is 45.0 Å². The topological polar surface area (TPSA) is 84.2 Å². The zero-order valence-corrected chi connectivity index (χ0v) is 12.3. The van der Waals surface area contributed by atoms with Gasteiger partial charge >= 0.3 is 0 Å². The molecule has 1 atom stereocenters. The van der Waals surface area contributed by atoms with E-state index in [1.54, 1.807) is 0 Å². The van der Waals surface area contributed by atoms with Gasteiger partial charge in [0.15, 0.2) is 0 Å². The van der Waals surface area contributed by atoms with E-state index in [0.717, 1.165) is 11.1 Å². The summed E-state index contributed by atoms with van der Waals surface area (Å²) in [4.78, 5) is 23.2. The predicted octanol–water partition coefficient (Wildman–Crippen LogP) is 0.883. The van der Waals surface area contributed by atoms with Crippen molar-refractivity contribution >= 4 is 11.8 Å². The maximum atomic E-state index is 11.9. The Morgan fingerprint density at radius 3 is 2.05 bits per heavy atom. The Balaban J connectivity index is 2.35. The molecule has 1 unspecified atom stereocenters. The average molecular weight is 277 g/mol. The van der Waals surface area contributed by atoms with Crippen molar-refractivity contribution in [3.63, 3.8) is 0 Å². The van der Waals surface area contributed by atoms with Crippen molar-refractivity contribution < 1.29 is 9.59 Å². The van der Waals surface area contributed by atoms with E-state index >= 15 is 0 Å². The summed E-state index contributed by atoms with van der Waals surface area (Å²) in [6, 6.07) is 6.85. The summed E-state index contributed by atoms with van der Waals surface area (Å²) < 4.78 is 0. The summed E-state index contributed by atoms with van der Waals surface area (Å²) in [6.07, 6.45) is 0. The van der Waals surface area contributed by atoms with Crippen molar-refractivity contribution in [2.24, 2.45) is 11.7 Å². The Hall–Kier alpha value is -1.88. The zero-order valence-electron chi connectivity index (χ0n) is 12.3. The molecule has 0 spiro atoms. The van der Waals surface area contributed by atoms with Crippen LogP contribution in [0.5, 0.6) is 0 Å². The molecule has 0 aliphatic carbocycles. The smallest absolute Gasteiger partial charge is 0.241 e. The molecule has 0 bridgehead atoms. The molecule has 0 heterocycles. The first-order valence-electron chi connectivity index (χ1n) is 6.79. The van der Waals surface area contributed by atoms with Crippen LogP contribution < -0.4 is 16.4 Å². The maximum Gasteiger partial charge on any atom is 0.241 e. The van der Waals surface area contributed by atoms with Crippen molar-refractivity contribution in [1.82, 2.24) is 10.6 Å². The van der Waals surface area contributed by atoms with Crippen LogP contribution >= 0.6 is 0 Å². The van der Waals surface area contributed by atoms with Crippen LogP contribution in [0.3, 0.4) is 0 Å². The van der Waals surface area contributed by atoms with E-state index in [1.165, 1.54) is 0 Å². The predicted molar refractivity (Wildman–Crippen MR) is 79.0 cm³/mol. The van der Waals surface area contributed by atoms with Gasteiger partial charge < -0.3 is 16.4 Å². The molecule has 2 amide bonds. The molecule has 5 heteroatoms. The number of hydrogen-bond donors (Lipinski definition) is 3. The van der Waals surface area contributed by atoms with Crippen molar-refractivity contribution in [1.29, 1.82) is 0 Å². The Morgan fingerprint density at radius 1 is 1.05 bits per heavy atom. The van der Waals surface area contributed by atoms with E-state index in [9.17, 15) is 9.59 Å². The Bertz CT molecular complexity index is 455. The van der Waals surface area contributed by atoms with Gasteiger partial charge in [-0.1, -0.05) is 43.7 Å². The normalized spacial score (nSPS) is 12.1. The quantitative estimate of drug-likeness (QED) is 0.675. The highest BCUT2D eigenvalue weighted by Crippen LogP contribution is 2.11. The molecular formula is C15H23N3O2. The number of nitrogens with one attached hydrogen (secondary N) is 2. The van der Waals surface area contributed by atoms with Crippen molar-refractivity contribution in [2.75, 3.05) is 13.1 Å². The van der Waals surface area contributed by atoms with Crippen LogP contribution in [0, 0.1) is 12.8 Å². The number of benzene rings is 1. The molecule has 0 fully saturated rings. The van der Waals surface area contributed by atoms with E-state index in [0.29, 0.717) is 13.1 Å².